The summed E-state index contributed by atoms with van der Waals surface area (Å²) in [5, 5.41) is 22.7. The zero-order chi connectivity index (χ0) is 26.5. The molecule has 1 amide bonds. The van der Waals surface area contributed by atoms with E-state index in [1.807, 2.05) is 6.08 Å². The molecule has 0 rings (SSSR count). The van der Waals surface area contributed by atoms with Crippen molar-refractivity contribution < 1.29 is 15.0 Å². The molecule has 0 aliphatic heterocycles. The number of hydrogen-bond donors (Lipinski definition) is 3. The molecule has 36 heavy (non-hydrogen) atoms. The minimum Gasteiger partial charge on any atom is -0.394 e. The highest BCUT2D eigenvalue weighted by Crippen LogP contribution is 2.12. The van der Waals surface area contributed by atoms with Crippen molar-refractivity contribution in [3.05, 3.63) is 36.5 Å². The predicted molar refractivity (Wildman–Crippen MR) is 156 cm³/mol. The lowest BCUT2D eigenvalue weighted by atomic mass is 10.0. The Morgan fingerprint density at radius 2 is 1.08 bits per heavy atom. The lowest BCUT2D eigenvalue weighted by molar-refractivity contribution is -0.123. The minimum atomic E-state index is -0.863. The third-order valence-corrected chi connectivity index (χ3v) is 6.60. The first kappa shape index (κ1) is 34.6. The first-order valence-corrected chi connectivity index (χ1v) is 15.2. The topological polar surface area (TPSA) is 69.6 Å². The number of aliphatic hydroxyl groups excluding tert-OH is 2. The molecule has 0 heterocycles. The molecule has 0 saturated carbocycles. The maximum absolute atomic E-state index is 12.2. The van der Waals surface area contributed by atoms with E-state index < -0.39 is 12.1 Å². The summed E-state index contributed by atoms with van der Waals surface area (Å²) < 4.78 is 0. The van der Waals surface area contributed by atoms with Crippen LogP contribution in [0.1, 0.15) is 142 Å². The van der Waals surface area contributed by atoms with Crippen LogP contribution in [0.5, 0.6) is 0 Å². The number of carbonyl (C=O) groups excluding carboxylic acids is 1. The van der Waals surface area contributed by atoms with Crippen molar-refractivity contribution in [2.24, 2.45) is 0 Å². The maximum atomic E-state index is 12.2. The third-order valence-electron chi connectivity index (χ3n) is 6.60. The number of rotatable bonds is 26. The van der Waals surface area contributed by atoms with E-state index in [0.717, 1.165) is 38.5 Å². The standard InChI is InChI=1S/C32H59NO3/c1-3-5-7-9-11-13-15-16-18-19-21-23-25-27-31(35)30(29-34)33-32(36)28-26-24-22-20-17-14-12-10-8-6-4-2/h11,13,18-19,25,27,30-31,34-35H,3-10,12,14-17,20-24,26,28-29H2,1-2H3,(H,33,36)/b13-11+,19-18+,27-25+. The summed E-state index contributed by atoms with van der Waals surface area (Å²) in [5.74, 6) is -0.0835. The van der Waals surface area contributed by atoms with Crippen molar-refractivity contribution in [1.29, 1.82) is 0 Å². The molecule has 0 fully saturated rings. The lowest BCUT2D eigenvalue weighted by Gasteiger charge is -2.19. The van der Waals surface area contributed by atoms with Crippen molar-refractivity contribution in [2.75, 3.05) is 6.61 Å². The predicted octanol–water partition coefficient (Wildman–Crippen LogP) is 8.33. The molecule has 2 atom stereocenters. The molecule has 0 spiro atoms. The summed E-state index contributed by atoms with van der Waals surface area (Å²) in [4.78, 5) is 12.2. The first-order valence-electron chi connectivity index (χ1n) is 15.2. The molecule has 0 aromatic rings. The van der Waals surface area contributed by atoms with E-state index in [2.05, 4.69) is 43.5 Å². The van der Waals surface area contributed by atoms with Crippen molar-refractivity contribution >= 4 is 5.91 Å². The van der Waals surface area contributed by atoms with Crippen LogP contribution in [0.15, 0.2) is 36.5 Å². The first-order chi connectivity index (χ1) is 17.7. The van der Waals surface area contributed by atoms with Gasteiger partial charge in [0.05, 0.1) is 18.8 Å². The Balaban J connectivity index is 3.78. The maximum Gasteiger partial charge on any atom is 0.220 e. The van der Waals surface area contributed by atoms with Crippen LogP contribution in [0.25, 0.3) is 0 Å². The van der Waals surface area contributed by atoms with E-state index in [1.54, 1.807) is 6.08 Å². The molecule has 0 aromatic heterocycles. The molecule has 0 radical (unpaired) electrons. The number of nitrogens with one attached hydrogen (secondary N) is 1. The van der Waals surface area contributed by atoms with Gasteiger partial charge in [0, 0.05) is 6.42 Å². The Labute approximate surface area is 223 Å². The molecule has 4 heteroatoms. The molecule has 2 unspecified atom stereocenters. The summed E-state index contributed by atoms with van der Waals surface area (Å²) in [6, 6.07) is -0.638. The number of unbranched alkanes of at least 4 members (excludes halogenated alkanes) is 15. The Hall–Kier alpha value is -1.39. The van der Waals surface area contributed by atoms with E-state index in [4.69, 9.17) is 0 Å². The van der Waals surface area contributed by atoms with Crippen LogP contribution in [-0.4, -0.2) is 34.9 Å². The van der Waals surface area contributed by atoms with Gasteiger partial charge in [-0.15, -0.1) is 0 Å². The van der Waals surface area contributed by atoms with E-state index in [9.17, 15) is 15.0 Å². The molecule has 0 aromatic carbocycles. The highest BCUT2D eigenvalue weighted by molar-refractivity contribution is 5.76. The number of carbonyl (C=O) groups is 1. The van der Waals surface area contributed by atoms with Gasteiger partial charge in [-0.3, -0.25) is 4.79 Å². The number of allylic oxidation sites excluding steroid dienone is 5. The summed E-state index contributed by atoms with van der Waals surface area (Å²) in [6.45, 7) is 4.22. The van der Waals surface area contributed by atoms with Crippen molar-refractivity contribution in [2.45, 2.75) is 154 Å². The fourth-order valence-corrected chi connectivity index (χ4v) is 4.21. The van der Waals surface area contributed by atoms with Crippen molar-refractivity contribution in [3.63, 3.8) is 0 Å². The van der Waals surface area contributed by atoms with Crippen LogP contribution in [0.4, 0.5) is 0 Å². The van der Waals surface area contributed by atoms with Gasteiger partial charge in [-0.1, -0.05) is 127 Å². The van der Waals surface area contributed by atoms with Gasteiger partial charge in [0.2, 0.25) is 5.91 Å². The Morgan fingerprint density at radius 1 is 0.639 bits per heavy atom. The van der Waals surface area contributed by atoms with Gasteiger partial charge in [-0.2, -0.15) is 0 Å². The number of aliphatic hydroxyl groups is 2. The Bertz CT molecular complexity index is 556. The van der Waals surface area contributed by atoms with Gasteiger partial charge in [0.15, 0.2) is 0 Å². The van der Waals surface area contributed by atoms with Crippen molar-refractivity contribution in [1.82, 2.24) is 5.32 Å². The zero-order valence-electron chi connectivity index (χ0n) is 23.8. The number of hydrogen-bond acceptors (Lipinski definition) is 3. The van der Waals surface area contributed by atoms with Crippen molar-refractivity contribution in [3.8, 4) is 0 Å². The fourth-order valence-electron chi connectivity index (χ4n) is 4.21. The second kappa shape index (κ2) is 28.2. The third kappa shape index (κ3) is 24.3. The molecule has 0 aliphatic carbocycles. The van der Waals surface area contributed by atoms with Crippen LogP contribution in [0.3, 0.4) is 0 Å². The molecular formula is C32H59NO3. The molecular weight excluding hydrogens is 446 g/mol. The summed E-state index contributed by atoms with van der Waals surface area (Å²) in [6.07, 6.45) is 35.0. The van der Waals surface area contributed by atoms with Crippen LogP contribution >= 0.6 is 0 Å². The highest BCUT2D eigenvalue weighted by atomic mass is 16.3. The van der Waals surface area contributed by atoms with Crippen LogP contribution in [-0.2, 0) is 4.79 Å². The van der Waals surface area contributed by atoms with Gasteiger partial charge in [0.1, 0.15) is 0 Å². The van der Waals surface area contributed by atoms with Gasteiger partial charge >= 0.3 is 0 Å². The van der Waals surface area contributed by atoms with E-state index >= 15 is 0 Å². The second-order valence-electron chi connectivity index (χ2n) is 10.2. The molecule has 210 valence electrons. The molecule has 4 nitrogen and oxygen atoms in total. The highest BCUT2D eigenvalue weighted by Gasteiger charge is 2.17. The minimum absolute atomic E-state index is 0.0835. The monoisotopic (exact) mass is 505 g/mol. The molecule has 0 aliphatic rings. The molecule has 0 bridgehead atoms. The average Bonchev–Trinajstić information content (AvgIpc) is 2.88. The van der Waals surface area contributed by atoms with Crippen LogP contribution in [0, 0.1) is 0 Å². The summed E-state index contributed by atoms with van der Waals surface area (Å²) in [5.41, 5.74) is 0. The van der Waals surface area contributed by atoms with E-state index in [1.165, 1.54) is 83.5 Å². The van der Waals surface area contributed by atoms with E-state index in [-0.39, 0.29) is 12.5 Å². The molecule has 3 N–H and O–H groups in total. The largest absolute Gasteiger partial charge is 0.394 e. The fraction of sp³-hybridized carbons (Fsp3) is 0.781. The number of amides is 1. The Kier molecular flexibility index (Phi) is 27.1. The summed E-state index contributed by atoms with van der Waals surface area (Å²) in [7, 11) is 0. The lowest BCUT2D eigenvalue weighted by Crippen LogP contribution is -2.45. The normalized spacial score (nSPS) is 13.8. The van der Waals surface area contributed by atoms with Crippen LogP contribution < -0.4 is 5.32 Å². The Morgan fingerprint density at radius 3 is 1.61 bits per heavy atom. The average molecular weight is 506 g/mol. The SMILES string of the molecule is CCCCC/C=C/CC/C=C/CC/C=C/C(O)C(CO)NC(=O)CCCCCCCCCCCCC. The van der Waals surface area contributed by atoms with Crippen LogP contribution in [0.2, 0.25) is 0 Å². The smallest absolute Gasteiger partial charge is 0.220 e. The van der Waals surface area contributed by atoms with E-state index in [0.29, 0.717) is 6.42 Å². The quantitative estimate of drug-likeness (QED) is 0.0817. The van der Waals surface area contributed by atoms with Gasteiger partial charge in [-0.25, -0.2) is 0 Å². The summed E-state index contributed by atoms with van der Waals surface area (Å²) >= 11 is 0. The molecule has 0 saturated heterocycles. The van der Waals surface area contributed by atoms with Gasteiger partial charge in [0.25, 0.3) is 0 Å². The zero-order valence-corrected chi connectivity index (χ0v) is 23.8. The van der Waals surface area contributed by atoms with Gasteiger partial charge in [-0.05, 0) is 44.9 Å². The van der Waals surface area contributed by atoms with Gasteiger partial charge < -0.3 is 15.5 Å². The second-order valence-corrected chi connectivity index (χ2v) is 10.2.